The second-order valence-electron chi connectivity index (χ2n) is 5.38. The van der Waals surface area contributed by atoms with E-state index in [4.69, 9.17) is 5.73 Å². The van der Waals surface area contributed by atoms with Gasteiger partial charge in [0.1, 0.15) is 5.56 Å². The number of H-pyrrole nitrogens is 1. The molecule has 7 nitrogen and oxygen atoms in total. The van der Waals surface area contributed by atoms with Crippen molar-refractivity contribution in [3.8, 4) is 0 Å². The third-order valence-electron chi connectivity index (χ3n) is 3.36. The molecule has 0 bridgehead atoms. The van der Waals surface area contributed by atoms with Gasteiger partial charge < -0.3 is 21.4 Å². The van der Waals surface area contributed by atoms with Gasteiger partial charge in [-0.3, -0.25) is 14.4 Å². The Labute approximate surface area is 133 Å². The Bertz CT molecular complexity index is 767. The van der Waals surface area contributed by atoms with Crippen LogP contribution in [0.4, 0.5) is 0 Å². The number of fused-ring (bicyclic) bond motifs is 1. The van der Waals surface area contributed by atoms with Gasteiger partial charge in [0.05, 0.1) is 6.54 Å². The zero-order chi connectivity index (χ0) is 16.8. The van der Waals surface area contributed by atoms with E-state index in [2.05, 4.69) is 15.6 Å². The van der Waals surface area contributed by atoms with Crippen LogP contribution < -0.4 is 21.8 Å². The van der Waals surface area contributed by atoms with Gasteiger partial charge in [-0.05, 0) is 25.5 Å². The minimum absolute atomic E-state index is 0.000972. The van der Waals surface area contributed by atoms with Crippen molar-refractivity contribution in [1.29, 1.82) is 0 Å². The number of carbonyl (C=O) groups excluding carboxylic acids is 2. The highest BCUT2D eigenvalue weighted by Gasteiger charge is 2.13. The molecular formula is C16H20N4O3. The highest BCUT2D eigenvalue weighted by Crippen LogP contribution is 2.06. The Hall–Kier alpha value is -2.67. The minimum Gasteiger partial charge on any atom is -0.360 e. The van der Waals surface area contributed by atoms with E-state index in [1.54, 1.807) is 24.3 Å². The second-order valence-corrected chi connectivity index (χ2v) is 5.38. The number of amides is 2. The fourth-order valence-electron chi connectivity index (χ4n) is 2.09. The largest absolute Gasteiger partial charge is 0.360 e. The first-order valence-corrected chi connectivity index (χ1v) is 7.40. The third-order valence-corrected chi connectivity index (χ3v) is 3.36. The Kier molecular flexibility index (Phi) is 5.48. The summed E-state index contributed by atoms with van der Waals surface area (Å²) in [4.78, 5) is 38.8. The van der Waals surface area contributed by atoms with Gasteiger partial charge in [-0.1, -0.05) is 12.1 Å². The molecule has 0 saturated carbocycles. The predicted molar refractivity (Wildman–Crippen MR) is 88.2 cm³/mol. The number of aromatic nitrogens is 1. The number of carbonyl (C=O) groups is 2. The van der Waals surface area contributed by atoms with Crippen molar-refractivity contribution in [3.63, 3.8) is 0 Å². The quantitative estimate of drug-likeness (QED) is 0.605. The van der Waals surface area contributed by atoms with Crippen LogP contribution in [0, 0.1) is 0 Å². The van der Waals surface area contributed by atoms with Gasteiger partial charge in [-0.2, -0.15) is 0 Å². The van der Waals surface area contributed by atoms with Crippen LogP contribution in [0.2, 0.25) is 0 Å². The maximum atomic E-state index is 12.3. The van der Waals surface area contributed by atoms with E-state index in [-0.39, 0.29) is 29.5 Å². The molecule has 1 heterocycles. The summed E-state index contributed by atoms with van der Waals surface area (Å²) in [6.07, 6.45) is 2.01. The number of nitrogens with one attached hydrogen (secondary N) is 3. The molecule has 0 aliphatic carbocycles. The molecular weight excluding hydrogens is 296 g/mol. The topological polar surface area (TPSA) is 117 Å². The number of hydrogen-bond acceptors (Lipinski definition) is 4. The maximum absolute atomic E-state index is 12.3. The van der Waals surface area contributed by atoms with Crippen LogP contribution in [-0.4, -0.2) is 35.9 Å². The van der Waals surface area contributed by atoms with Gasteiger partial charge >= 0.3 is 0 Å². The van der Waals surface area contributed by atoms with Crippen molar-refractivity contribution in [2.24, 2.45) is 5.73 Å². The summed E-state index contributed by atoms with van der Waals surface area (Å²) in [6.45, 7) is 2.10. The summed E-state index contributed by atoms with van der Waals surface area (Å²) in [7, 11) is 0. The fraction of sp³-hybridized carbons (Fsp3) is 0.312. The first-order chi connectivity index (χ1) is 11.0. The molecule has 0 fully saturated rings. The smallest absolute Gasteiger partial charge is 0.257 e. The number of nitrogens with two attached hydrogens (primary N) is 1. The summed E-state index contributed by atoms with van der Waals surface area (Å²) in [5.74, 6) is -0.907. The molecule has 1 aromatic carbocycles. The molecule has 0 aliphatic heterocycles. The molecule has 2 rings (SSSR count). The Morgan fingerprint density at radius 3 is 2.74 bits per heavy atom. The SMILES string of the molecule is CC(N)CCNC(=O)CNC(=O)c1c[nH]c2ccccc2c1=O. The average molecular weight is 316 g/mol. The summed E-state index contributed by atoms with van der Waals surface area (Å²) < 4.78 is 0. The average Bonchev–Trinajstić information content (AvgIpc) is 2.53. The Morgan fingerprint density at radius 1 is 1.26 bits per heavy atom. The van der Waals surface area contributed by atoms with Gasteiger partial charge in [0.25, 0.3) is 5.91 Å². The number of hydrogen-bond donors (Lipinski definition) is 4. The first kappa shape index (κ1) is 16.7. The molecule has 0 saturated heterocycles. The standard InChI is InChI=1S/C16H20N4O3/c1-10(17)6-7-18-14(21)9-20-16(23)12-8-19-13-5-3-2-4-11(13)15(12)22/h2-5,8,10H,6-7,9,17H2,1H3,(H,18,21)(H,19,22)(H,20,23). The highest BCUT2D eigenvalue weighted by molar-refractivity contribution is 5.98. The van der Waals surface area contributed by atoms with E-state index in [0.717, 1.165) is 0 Å². The fourth-order valence-corrected chi connectivity index (χ4v) is 2.09. The molecule has 7 heteroatoms. The van der Waals surface area contributed by atoms with Crippen molar-refractivity contribution >= 4 is 22.7 Å². The van der Waals surface area contributed by atoms with Crippen LogP contribution >= 0.6 is 0 Å². The molecule has 0 aliphatic rings. The van der Waals surface area contributed by atoms with E-state index < -0.39 is 5.91 Å². The molecule has 5 N–H and O–H groups in total. The van der Waals surface area contributed by atoms with Gasteiger partial charge in [0.2, 0.25) is 11.3 Å². The lowest BCUT2D eigenvalue weighted by Gasteiger charge is -2.08. The lowest BCUT2D eigenvalue weighted by Crippen LogP contribution is -2.39. The number of pyridine rings is 1. The highest BCUT2D eigenvalue weighted by atomic mass is 16.2. The zero-order valence-electron chi connectivity index (χ0n) is 12.9. The monoisotopic (exact) mass is 316 g/mol. The molecule has 1 unspecified atom stereocenters. The van der Waals surface area contributed by atoms with Gasteiger partial charge in [0, 0.05) is 29.7 Å². The second kappa shape index (κ2) is 7.55. The molecule has 122 valence electrons. The Balaban J connectivity index is 1.97. The number of rotatable bonds is 6. The Morgan fingerprint density at radius 2 is 2.00 bits per heavy atom. The zero-order valence-corrected chi connectivity index (χ0v) is 12.9. The molecule has 1 aromatic heterocycles. The van der Waals surface area contributed by atoms with Crippen molar-refractivity contribution in [1.82, 2.24) is 15.6 Å². The van der Waals surface area contributed by atoms with E-state index in [1.807, 2.05) is 6.92 Å². The van der Waals surface area contributed by atoms with Crippen LogP contribution in [0.3, 0.4) is 0 Å². The maximum Gasteiger partial charge on any atom is 0.257 e. The number of aromatic amines is 1. The van der Waals surface area contributed by atoms with Gasteiger partial charge in [-0.15, -0.1) is 0 Å². The summed E-state index contributed by atoms with van der Waals surface area (Å²) in [6, 6.07) is 6.92. The van der Waals surface area contributed by atoms with Crippen molar-refractivity contribution in [2.75, 3.05) is 13.1 Å². The number of para-hydroxylation sites is 1. The molecule has 0 radical (unpaired) electrons. The van der Waals surface area contributed by atoms with E-state index in [0.29, 0.717) is 23.9 Å². The normalized spacial score (nSPS) is 11.9. The van der Waals surface area contributed by atoms with Crippen molar-refractivity contribution < 1.29 is 9.59 Å². The third kappa shape index (κ3) is 4.40. The number of benzene rings is 1. The van der Waals surface area contributed by atoms with E-state index in [1.165, 1.54) is 6.20 Å². The van der Waals surface area contributed by atoms with Crippen LogP contribution in [0.1, 0.15) is 23.7 Å². The summed E-state index contributed by atoms with van der Waals surface area (Å²) in [5, 5.41) is 5.52. The van der Waals surface area contributed by atoms with Gasteiger partial charge in [0.15, 0.2) is 0 Å². The first-order valence-electron chi connectivity index (χ1n) is 7.40. The van der Waals surface area contributed by atoms with Crippen molar-refractivity contribution in [3.05, 3.63) is 46.2 Å². The van der Waals surface area contributed by atoms with Gasteiger partial charge in [-0.25, -0.2) is 0 Å². The van der Waals surface area contributed by atoms with Crippen LogP contribution in [0.15, 0.2) is 35.3 Å². The van der Waals surface area contributed by atoms with E-state index >= 15 is 0 Å². The predicted octanol–water partition coefficient (Wildman–Crippen LogP) is 0.111. The lowest BCUT2D eigenvalue weighted by molar-refractivity contribution is -0.120. The molecule has 1 atom stereocenters. The van der Waals surface area contributed by atoms with Crippen LogP contribution in [-0.2, 0) is 4.79 Å². The van der Waals surface area contributed by atoms with E-state index in [9.17, 15) is 14.4 Å². The molecule has 23 heavy (non-hydrogen) atoms. The molecule has 2 aromatic rings. The van der Waals surface area contributed by atoms with Crippen LogP contribution in [0.25, 0.3) is 10.9 Å². The van der Waals surface area contributed by atoms with Crippen molar-refractivity contribution in [2.45, 2.75) is 19.4 Å². The minimum atomic E-state index is -0.584. The van der Waals surface area contributed by atoms with Crippen LogP contribution in [0.5, 0.6) is 0 Å². The summed E-state index contributed by atoms with van der Waals surface area (Å²) >= 11 is 0. The summed E-state index contributed by atoms with van der Waals surface area (Å²) in [5.41, 5.74) is 5.85. The lowest BCUT2D eigenvalue weighted by atomic mass is 10.1. The molecule has 2 amide bonds. The molecule has 0 spiro atoms.